The van der Waals surface area contributed by atoms with Gasteiger partial charge in [-0.1, -0.05) is 19.8 Å². The zero-order valence-electron chi connectivity index (χ0n) is 11.8. The molecule has 0 spiro atoms. The first-order valence-electron chi connectivity index (χ1n) is 7.45. The van der Waals surface area contributed by atoms with Crippen LogP contribution in [0.5, 0.6) is 0 Å². The summed E-state index contributed by atoms with van der Waals surface area (Å²) in [5.74, 6) is 0. The lowest BCUT2D eigenvalue weighted by atomic mass is 9.96. The average molecular weight is 290 g/mol. The van der Waals surface area contributed by atoms with Crippen molar-refractivity contribution in [2.24, 2.45) is 0 Å². The van der Waals surface area contributed by atoms with E-state index in [1.807, 2.05) is 6.92 Å². The SMILES string of the molecule is CCC1(CO)CCCN1S(=O)(=O)N1CCCCCC1. The largest absolute Gasteiger partial charge is 0.394 e. The van der Waals surface area contributed by atoms with E-state index in [2.05, 4.69) is 0 Å². The highest BCUT2D eigenvalue weighted by atomic mass is 32.2. The first kappa shape index (κ1) is 15.2. The Morgan fingerprint density at radius 3 is 2.21 bits per heavy atom. The Morgan fingerprint density at radius 1 is 1.05 bits per heavy atom. The molecule has 0 amide bonds. The lowest BCUT2D eigenvalue weighted by Gasteiger charge is -2.38. The second-order valence-electron chi connectivity index (χ2n) is 5.73. The van der Waals surface area contributed by atoms with Crippen LogP contribution < -0.4 is 0 Å². The van der Waals surface area contributed by atoms with Gasteiger partial charge in [0.25, 0.3) is 10.2 Å². The minimum Gasteiger partial charge on any atom is -0.394 e. The Balaban J connectivity index is 2.22. The molecule has 0 aromatic heterocycles. The van der Waals surface area contributed by atoms with Gasteiger partial charge in [-0.05, 0) is 32.1 Å². The molecule has 1 atom stereocenters. The average Bonchev–Trinajstić information content (AvgIpc) is 2.65. The Kier molecular flexibility index (Phi) is 4.87. The summed E-state index contributed by atoms with van der Waals surface area (Å²) in [6, 6.07) is 0. The molecule has 19 heavy (non-hydrogen) atoms. The first-order valence-corrected chi connectivity index (χ1v) is 8.85. The number of rotatable bonds is 4. The Hall–Kier alpha value is -0.170. The molecule has 2 rings (SSSR count). The third-order valence-corrected chi connectivity index (χ3v) is 6.80. The minimum absolute atomic E-state index is 0.0728. The first-order chi connectivity index (χ1) is 9.07. The van der Waals surface area contributed by atoms with Crippen LogP contribution in [0.3, 0.4) is 0 Å². The van der Waals surface area contributed by atoms with Crippen molar-refractivity contribution in [2.45, 2.75) is 57.4 Å². The fraction of sp³-hybridized carbons (Fsp3) is 1.00. The van der Waals surface area contributed by atoms with Crippen LogP contribution in [-0.2, 0) is 10.2 Å². The molecule has 1 unspecified atom stereocenters. The Bertz CT molecular complexity index is 385. The maximum absolute atomic E-state index is 12.8. The Labute approximate surface area is 116 Å². The normalized spacial score (nSPS) is 31.5. The predicted molar refractivity (Wildman–Crippen MR) is 75.0 cm³/mol. The van der Waals surface area contributed by atoms with Gasteiger partial charge in [-0.15, -0.1) is 0 Å². The van der Waals surface area contributed by atoms with Crippen LogP contribution in [0.15, 0.2) is 0 Å². The van der Waals surface area contributed by atoms with E-state index in [9.17, 15) is 13.5 Å². The highest BCUT2D eigenvalue weighted by Crippen LogP contribution is 2.35. The smallest absolute Gasteiger partial charge is 0.282 e. The van der Waals surface area contributed by atoms with Gasteiger partial charge < -0.3 is 5.11 Å². The molecule has 0 bridgehead atoms. The van der Waals surface area contributed by atoms with E-state index in [-0.39, 0.29) is 6.61 Å². The molecule has 0 aliphatic carbocycles. The summed E-state index contributed by atoms with van der Waals surface area (Å²) in [4.78, 5) is 0. The molecule has 112 valence electrons. The quantitative estimate of drug-likeness (QED) is 0.850. The van der Waals surface area contributed by atoms with Gasteiger partial charge >= 0.3 is 0 Å². The third-order valence-electron chi connectivity index (χ3n) is 4.65. The number of hydrogen-bond acceptors (Lipinski definition) is 3. The fourth-order valence-electron chi connectivity index (χ4n) is 3.31. The number of nitrogens with zero attached hydrogens (tertiary/aromatic N) is 2. The molecule has 5 nitrogen and oxygen atoms in total. The predicted octanol–water partition coefficient (Wildman–Crippen LogP) is 1.34. The molecule has 0 aromatic rings. The monoisotopic (exact) mass is 290 g/mol. The second kappa shape index (κ2) is 6.08. The fourth-order valence-corrected chi connectivity index (χ4v) is 5.43. The molecule has 1 N–H and O–H groups in total. The number of aliphatic hydroxyl groups excluding tert-OH is 1. The van der Waals surface area contributed by atoms with E-state index in [0.717, 1.165) is 38.5 Å². The summed E-state index contributed by atoms with van der Waals surface area (Å²) >= 11 is 0. The van der Waals surface area contributed by atoms with E-state index >= 15 is 0 Å². The molecule has 2 aliphatic rings. The van der Waals surface area contributed by atoms with Crippen LogP contribution in [0.4, 0.5) is 0 Å². The second-order valence-corrected chi connectivity index (χ2v) is 7.59. The molecule has 2 heterocycles. The minimum atomic E-state index is -3.41. The molecular weight excluding hydrogens is 264 g/mol. The van der Waals surface area contributed by atoms with Gasteiger partial charge in [0.1, 0.15) is 0 Å². The van der Waals surface area contributed by atoms with Crippen LogP contribution >= 0.6 is 0 Å². The maximum atomic E-state index is 12.8. The molecule has 2 fully saturated rings. The van der Waals surface area contributed by atoms with Crippen molar-refractivity contribution in [1.82, 2.24) is 8.61 Å². The van der Waals surface area contributed by atoms with Gasteiger partial charge in [0, 0.05) is 19.6 Å². The van der Waals surface area contributed by atoms with Crippen molar-refractivity contribution < 1.29 is 13.5 Å². The van der Waals surface area contributed by atoms with Crippen LogP contribution in [0.25, 0.3) is 0 Å². The maximum Gasteiger partial charge on any atom is 0.282 e. The van der Waals surface area contributed by atoms with E-state index in [1.165, 1.54) is 0 Å². The molecular formula is C13H26N2O3S. The van der Waals surface area contributed by atoms with Crippen molar-refractivity contribution in [3.8, 4) is 0 Å². The topological polar surface area (TPSA) is 60.9 Å². The van der Waals surface area contributed by atoms with Gasteiger partial charge in [0.15, 0.2) is 0 Å². The van der Waals surface area contributed by atoms with Gasteiger partial charge in [-0.2, -0.15) is 17.0 Å². The number of aliphatic hydroxyl groups is 1. The van der Waals surface area contributed by atoms with Crippen molar-refractivity contribution in [2.75, 3.05) is 26.2 Å². The highest BCUT2D eigenvalue weighted by Gasteiger charge is 2.47. The summed E-state index contributed by atoms with van der Waals surface area (Å²) in [6.45, 7) is 3.70. The summed E-state index contributed by atoms with van der Waals surface area (Å²) in [5.41, 5.74) is -0.564. The zero-order valence-corrected chi connectivity index (χ0v) is 12.7. The highest BCUT2D eigenvalue weighted by molar-refractivity contribution is 7.86. The van der Waals surface area contributed by atoms with Crippen molar-refractivity contribution in [3.05, 3.63) is 0 Å². The lowest BCUT2D eigenvalue weighted by Crippen LogP contribution is -2.54. The number of hydrogen-bond donors (Lipinski definition) is 1. The summed E-state index contributed by atoms with van der Waals surface area (Å²) in [5, 5.41) is 9.68. The van der Waals surface area contributed by atoms with Crippen molar-refractivity contribution >= 4 is 10.2 Å². The molecule has 0 aromatic carbocycles. The summed E-state index contributed by atoms with van der Waals surface area (Å²) in [6.07, 6.45) is 6.43. The van der Waals surface area contributed by atoms with Crippen molar-refractivity contribution in [1.29, 1.82) is 0 Å². The molecule has 0 saturated carbocycles. The summed E-state index contributed by atoms with van der Waals surface area (Å²) in [7, 11) is -3.41. The zero-order chi connectivity index (χ0) is 13.9. The third kappa shape index (κ3) is 2.82. The molecule has 0 radical (unpaired) electrons. The van der Waals surface area contributed by atoms with Crippen LogP contribution in [-0.4, -0.2) is 53.9 Å². The van der Waals surface area contributed by atoms with Gasteiger partial charge in [-0.3, -0.25) is 0 Å². The molecule has 2 aliphatic heterocycles. The van der Waals surface area contributed by atoms with Crippen LogP contribution in [0.1, 0.15) is 51.9 Å². The van der Waals surface area contributed by atoms with Gasteiger partial charge in [0.05, 0.1) is 12.1 Å². The Morgan fingerprint density at radius 2 is 1.68 bits per heavy atom. The van der Waals surface area contributed by atoms with E-state index in [4.69, 9.17) is 0 Å². The van der Waals surface area contributed by atoms with E-state index in [0.29, 0.717) is 26.1 Å². The lowest BCUT2D eigenvalue weighted by molar-refractivity contribution is 0.111. The van der Waals surface area contributed by atoms with Crippen LogP contribution in [0, 0.1) is 0 Å². The summed E-state index contributed by atoms with van der Waals surface area (Å²) < 4.78 is 28.8. The van der Waals surface area contributed by atoms with Gasteiger partial charge in [0.2, 0.25) is 0 Å². The molecule has 2 saturated heterocycles. The van der Waals surface area contributed by atoms with Crippen LogP contribution in [0.2, 0.25) is 0 Å². The van der Waals surface area contributed by atoms with E-state index < -0.39 is 15.7 Å². The standard InChI is InChI=1S/C13H26N2O3S/c1-2-13(12-16)8-7-11-15(13)19(17,18)14-9-5-3-4-6-10-14/h16H,2-12H2,1H3. The van der Waals surface area contributed by atoms with Gasteiger partial charge in [-0.25, -0.2) is 0 Å². The van der Waals surface area contributed by atoms with Crippen molar-refractivity contribution in [3.63, 3.8) is 0 Å². The van der Waals surface area contributed by atoms with E-state index in [1.54, 1.807) is 8.61 Å². The molecule has 6 heteroatoms.